The quantitative estimate of drug-likeness (QED) is 0.772. The van der Waals surface area contributed by atoms with Crippen LogP contribution in [0, 0.1) is 5.82 Å². The summed E-state index contributed by atoms with van der Waals surface area (Å²) in [6, 6.07) is 14.7. The lowest BCUT2D eigenvalue weighted by Gasteiger charge is -2.07. The van der Waals surface area contributed by atoms with Crippen LogP contribution in [0.5, 0.6) is 5.75 Å². The van der Waals surface area contributed by atoms with E-state index in [1.807, 2.05) is 18.2 Å². The van der Waals surface area contributed by atoms with Crippen LogP contribution in [0.1, 0.15) is 18.1 Å². The van der Waals surface area contributed by atoms with Crippen molar-refractivity contribution in [3.05, 3.63) is 65.5 Å². The molecule has 2 aromatic rings. The second kappa shape index (κ2) is 6.20. The first-order chi connectivity index (χ1) is 8.78. The molecule has 18 heavy (non-hydrogen) atoms. The number of aryl methyl sites for hydroxylation is 1. The second-order valence-electron chi connectivity index (χ2n) is 4.23. The van der Waals surface area contributed by atoms with E-state index < -0.39 is 0 Å². The van der Waals surface area contributed by atoms with Crippen LogP contribution in [-0.4, -0.2) is 6.61 Å². The summed E-state index contributed by atoms with van der Waals surface area (Å²) in [4.78, 5) is 0. The van der Waals surface area contributed by atoms with E-state index in [1.54, 1.807) is 12.1 Å². The zero-order valence-corrected chi connectivity index (χ0v) is 10.5. The first-order valence-electron chi connectivity index (χ1n) is 6.24. The molecular formula is C16H17FO. The summed E-state index contributed by atoms with van der Waals surface area (Å²) in [6.45, 7) is 2.69. The monoisotopic (exact) mass is 244 g/mol. The van der Waals surface area contributed by atoms with Crippen molar-refractivity contribution < 1.29 is 9.13 Å². The maximum atomic E-state index is 13.0. The molecule has 2 heteroatoms. The molecule has 0 fully saturated rings. The van der Waals surface area contributed by atoms with E-state index in [0.717, 1.165) is 17.7 Å². The van der Waals surface area contributed by atoms with E-state index in [2.05, 4.69) is 19.1 Å². The van der Waals surface area contributed by atoms with Crippen LogP contribution in [-0.2, 0) is 12.8 Å². The lowest BCUT2D eigenvalue weighted by atomic mass is 10.1. The predicted molar refractivity (Wildman–Crippen MR) is 71.4 cm³/mol. The average molecular weight is 244 g/mol. The van der Waals surface area contributed by atoms with Gasteiger partial charge >= 0.3 is 0 Å². The Kier molecular flexibility index (Phi) is 4.35. The van der Waals surface area contributed by atoms with E-state index in [1.165, 1.54) is 11.6 Å². The minimum absolute atomic E-state index is 0.195. The number of hydrogen-bond donors (Lipinski definition) is 0. The highest BCUT2D eigenvalue weighted by Gasteiger charge is 1.97. The lowest BCUT2D eigenvalue weighted by Crippen LogP contribution is -2.01. The van der Waals surface area contributed by atoms with Crippen molar-refractivity contribution in [3.63, 3.8) is 0 Å². The molecule has 0 amide bonds. The Morgan fingerprint density at radius 1 is 1.00 bits per heavy atom. The molecule has 0 saturated heterocycles. The van der Waals surface area contributed by atoms with Crippen molar-refractivity contribution in [1.82, 2.24) is 0 Å². The largest absolute Gasteiger partial charge is 0.493 e. The van der Waals surface area contributed by atoms with E-state index in [9.17, 15) is 4.39 Å². The third kappa shape index (κ3) is 3.59. The Hall–Kier alpha value is -1.83. The first kappa shape index (κ1) is 12.6. The van der Waals surface area contributed by atoms with Gasteiger partial charge in [-0.15, -0.1) is 0 Å². The highest BCUT2D eigenvalue weighted by atomic mass is 19.1. The highest BCUT2D eigenvalue weighted by Crippen LogP contribution is 2.13. The molecule has 0 aliphatic heterocycles. The highest BCUT2D eigenvalue weighted by molar-refractivity contribution is 5.27. The van der Waals surface area contributed by atoms with Gasteiger partial charge in [0.2, 0.25) is 0 Å². The van der Waals surface area contributed by atoms with E-state index in [0.29, 0.717) is 13.0 Å². The molecular weight excluding hydrogens is 227 g/mol. The zero-order valence-electron chi connectivity index (χ0n) is 10.5. The van der Waals surface area contributed by atoms with Crippen molar-refractivity contribution >= 4 is 0 Å². The third-order valence-corrected chi connectivity index (χ3v) is 2.88. The lowest BCUT2D eigenvalue weighted by molar-refractivity contribution is 0.321. The maximum absolute atomic E-state index is 13.0. The van der Waals surface area contributed by atoms with Gasteiger partial charge in [0.15, 0.2) is 0 Å². The van der Waals surface area contributed by atoms with Crippen LogP contribution >= 0.6 is 0 Å². The van der Waals surface area contributed by atoms with Crippen molar-refractivity contribution in [1.29, 1.82) is 0 Å². The third-order valence-electron chi connectivity index (χ3n) is 2.88. The number of halogens is 1. The van der Waals surface area contributed by atoms with Crippen LogP contribution in [0.15, 0.2) is 48.5 Å². The fourth-order valence-electron chi connectivity index (χ4n) is 1.80. The van der Waals surface area contributed by atoms with Crippen LogP contribution in [0.2, 0.25) is 0 Å². The molecule has 0 bridgehead atoms. The number of ether oxygens (including phenoxy) is 1. The van der Waals surface area contributed by atoms with Crippen molar-refractivity contribution in [2.45, 2.75) is 19.8 Å². The van der Waals surface area contributed by atoms with Gasteiger partial charge in [-0.1, -0.05) is 31.2 Å². The SMILES string of the molecule is CCc1ccc(OCCc2cccc(F)c2)cc1. The van der Waals surface area contributed by atoms with Crippen LogP contribution in [0.4, 0.5) is 4.39 Å². The van der Waals surface area contributed by atoms with Gasteiger partial charge in [-0.25, -0.2) is 4.39 Å². The number of benzene rings is 2. The molecule has 0 aliphatic rings. The van der Waals surface area contributed by atoms with Crippen LogP contribution < -0.4 is 4.74 Å². The Labute approximate surface area is 107 Å². The molecule has 0 heterocycles. The van der Waals surface area contributed by atoms with Gasteiger partial charge in [0.25, 0.3) is 0 Å². The maximum Gasteiger partial charge on any atom is 0.123 e. The number of rotatable bonds is 5. The smallest absolute Gasteiger partial charge is 0.123 e. The minimum Gasteiger partial charge on any atom is -0.493 e. The van der Waals surface area contributed by atoms with E-state index in [4.69, 9.17) is 4.74 Å². The molecule has 0 radical (unpaired) electrons. The Bertz CT molecular complexity index is 491. The van der Waals surface area contributed by atoms with Crippen molar-refractivity contribution in [2.75, 3.05) is 6.61 Å². The standard InChI is InChI=1S/C16H17FO/c1-2-13-6-8-16(9-7-13)18-11-10-14-4-3-5-15(17)12-14/h3-9,12H,2,10-11H2,1H3. The summed E-state index contributed by atoms with van der Waals surface area (Å²) in [7, 11) is 0. The van der Waals surface area contributed by atoms with Gasteiger partial charge in [0.1, 0.15) is 11.6 Å². The van der Waals surface area contributed by atoms with Crippen molar-refractivity contribution in [2.24, 2.45) is 0 Å². The summed E-state index contributed by atoms with van der Waals surface area (Å²) in [5.74, 6) is 0.670. The first-order valence-corrected chi connectivity index (χ1v) is 6.24. The van der Waals surface area contributed by atoms with Gasteiger partial charge < -0.3 is 4.74 Å². The summed E-state index contributed by atoms with van der Waals surface area (Å²) in [5, 5.41) is 0. The Morgan fingerprint density at radius 2 is 1.78 bits per heavy atom. The Balaban J connectivity index is 1.84. The van der Waals surface area contributed by atoms with E-state index >= 15 is 0 Å². The number of hydrogen-bond acceptors (Lipinski definition) is 1. The minimum atomic E-state index is -0.195. The fourth-order valence-corrected chi connectivity index (χ4v) is 1.80. The molecule has 2 rings (SSSR count). The molecule has 0 atom stereocenters. The molecule has 0 aromatic heterocycles. The molecule has 0 spiro atoms. The zero-order chi connectivity index (χ0) is 12.8. The van der Waals surface area contributed by atoms with Gasteiger partial charge in [-0.3, -0.25) is 0 Å². The second-order valence-corrected chi connectivity index (χ2v) is 4.23. The summed E-state index contributed by atoms with van der Waals surface area (Å²) >= 11 is 0. The molecule has 0 unspecified atom stereocenters. The summed E-state index contributed by atoms with van der Waals surface area (Å²) < 4.78 is 18.6. The normalized spacial score (nSPS) is 10.3. The molecule has 0 saturated carbocycles. The predicted octanol–water partition coefficient (Wildman–Crippen LogP) is 4.01. The van der Waals surface area contributed by atoms with Gasteiger partial charge in [-0.05, 0) is 41.8 Å². The van der Waals surface area contributed by atoms with E-state index in [-0.39, 0.29) is 5.82 Å². The van der Waals surface area contributed by atoms with Crippen LogP contribution in [0.3, 0.4) is 0 Å². The van der Waals surface area contributed by atoms with Crippen molar-refractivity contribution in [3.8, 4) is 5.75 Å². The fraction of sp³-hybridized carbons (Fsp3) is 0.250. The van der Waals surface area contributed by atoms with Crippen LogP contribution in [0.25, 0.3) is 0 Å². The molecule has 94 valence electrons. The summed E-state index contributed by atoms with van der Waals surface area (Å²) in [6.07, 6.45) is 1.75. The van der Waals surface area contributed by atoms with Gasteiger partial charge in [-0.2, -0.15) is 0 Å². The van der Waals surface area contributed by atoms with Gasteiger partial charge in [0, 0.05) is 6.42 Å². The summed E-state index contributed by atoms with van der Waals surface area (Å²) in [5.41, 5.74) is 2.26. The topological polar surface area (TPSA) is 9.23 Å². The average Bonchev–Trinajstić information content (AvgIpc) is 2.40. The Morgan fingerprint density at radius 3 is 2.44 bits per heavy atom. The van der Waals surface area contributed by atoms with Gasteiger partial charge in [0.05, 0.1) is 6.61 Å². The molecule has 2 aromatic carbocycles. The molecule has 0 N–H and O–H groups in total. The molecule has 0 aliphatic carbocycles. The molecule has 1 nitrogen and oxygen atoms in total.